The summed E-state index contributed by atoms with van der Waals surface area (Å²) in [6.07, 6.45) is 2.19. The predicted molar refractivity (Wildman–Crippen MR) is 158 cm³/mol. The largest absolute Gasteiger partial charge is 0.388 e. The third-order valence-corrected chi connectivity index (χ3v) is 9.02. The van der Waals surface area contributed by atoms with Gasteiger partial charge in [-0.2, -0.15) is 0 Å². The molecule has 2 aliphatic rings. The molecule has 2 aliphatic heterocycles. The molecule has 4 aromatic rings. The first-order chi connectivity index (χ1) is 19.5. The van der Waals surface area contributed by atoms with E-state index in [0.29, 0.717) is 31.3 Å². The van der Waals surface area contributed by atoms with E-state index >= 15 is 0 Å². The molecule has 3 atom stereocenters. The van der Waals surface area contributed by atoms with Crippen LogP contribution in [-0.4, -0.2) is 53.5 Å². The number of rotatable bonds is 7. The van der Waals surface area contributed by atoms with Gasteiger partial charge in [0.1, 0.15) is 5.82 Å². The smallest absolute Gasteiger partial charge is 0.254 e. The summed E-state index contributed by atoms with van der Waals surface area (Å²) in [5.41, 5.74) is 2.90. The maximum atomic E-state index is 13.8. The van der Waals surface area contributed by atoms with Crippen molar-refractivity contribution in [1.82, 2.24) is 9.80 Å². The molecule has 2 fully saturated rings. The highest BCUT2D eigenvalue weighted by molar-refractivity contribution is 6.07. The van der Waals surface area contributed by atoms with Crippen molar-refractivity contribution in [1.29, 1.82) is 0 Å². The van der Waals surface area contributed by atoms with E-state index in [-0.39, 0.29) is 17.6 Å². The number of hydrogen-bond donors (Lipinski definition) is 1. The van der Waals surface area contributed by atoms with Gasteiger partial charge in [0.15, 0.2) is 0 Å². The van der Waals surface area contributed by atoms with Gasteiger partial charge in [-0.1, -0.05) is 78.9 Å². The number of aliphatic hydroxyl groups is 1. The third-order valence-electron chi connectivity index (χ3n) is 9.02. The summed E-state index contributed by atoms with van der Waals surface area (Å²) in [5, 5.41) is 13.2. The van der Waals surface area contributed by atoms with Crippen LogP contribution in [0, 0.1) is 17.7 Å². The van der Waals surface area contributed by atoms with Gasteiger partial charge < -0.3 is 14.9 Å². The van der Waals surface area contributed by atoms with Crippen LogP contribution < -0.4 is 0 Å². The number of carbonyl (C=O) groups is 1. The van der Waals surface area contributed by atoms with Gasteiger partial charge in [-0.25, -0.2) is 4.39 Å². The summed E-state index contributed by atoms with van der Waals surface area (Å²) >= 11 is 0. The third kappa shape index (κ3) is 5.81. The Morgan fingerprint density at radius 3 is 2.27 bits per heavy atom. The molecule has 0 bridgehead atoms. The first-order valence-electron chi connectivity index (χ1n) is 14.5. The molecule has 206 valence electrons. The van der Waals surface area contributed by atoms with Crippen molar-refractivity contribution < 1.29 is 14.3 Å². The molecule has 0 radical (unpaired) electrons. The predicted octanol–water partition coefficient (Wildman–Crippen LogP) is 6.67. The second kappa shape index (κ2) is 11.9. The van der Waals surface area contributed by atoms with Crippen molar-refractivity contribution >= 4 is 16.7 Å². The maximum absolute atomic E-state index is 13.8. The lowest BCUT2D eigenvalue weighted by atomic mass is 9.86. The second-order valence-electron chi connectivity index (χ2n) is 11.5. The Morgan fingerprint density at radius 1 is 0.825 bits per heavy atom. The van der Waals surface area contributed by atoms with E-state index in [4.69, 9.17) is 0 Å². The van der Waals surface area contributed by atoms with Gasteiger partial charge in [0.2, 0.25) is 0 Å². The van der Waals surface area contributed by atoms with Gasteiger partial charge >= 0.3 is 0 Å². The first-order valence-corrected chi connectivity index (χ1v) is 14.5. The molecule has 0 spiro atoms. The number of amides is 1. The number of aliphatic hydroxyl groups excluding tert-OH is 1. The Balaban J connectivity index is 1.17. The van der Waals surface area contributed by atoms with Crippen LogP contribution in [0.1, 0.15) is 52.8 Å². The van der Waals surface area contributed by atoms with Crippen LogP contribution in [0.3, 0.4) is 0 Å². The number of likely N-dealkylation sites (tertiary alicyclic amines) is 2. The molecule has 40 heavy (non-hydrogen) atoms. The van der Waals surface area contributed by atoms with E-state index in [0.717, 1.165) is 54.4 Å². The zero-order valence-corrected chi connectivity index (χ0v) is 22.8. The van der Waals surface area contributed by atoms with E-state index in [2.05, 4.69) is 4.90 Å². The minimum Gasteiger partial charge on any atom is -0.388 e. The van der Waals surface area contributed by atoms with Crippen LogP contribution >= 0.6 is 0 Å². The molecule has 3 unspecified atom stereocenters. The normalized spacial score (nSPS) is 21.1. The van der Waals surface area contributed by atoms with Gasteiger partial charge in [-0.15, -0.1) is 0 Å². The molecule has 6 rings (SSSR count). The molecule has 0 saturated carbocycles. The molecule has 5 heteroatoms. The van der Waals surface area contributed by atoms with Crippen LogP contribution in [-0.2, 0) is 0 Å². The number of hydrogen-bond acceptors (Lipinski definition) is 3. The molecule has 0 aliphatic carbocycles. The van der Waals surface area contributed by atoms with Crippen LogP contribution in [0.25, 0.3) is 10.8 Å². The van der Waals surface area contributed by atoms with Crippen molar-refractivity contribution in [2.45, 2.75) is 31.3 Å². The summed E-state index contributed by atoms with van der Waals surface area (Å²) in [7, 11) is 0. The first kappa shape index (κ1) is 26.7. The fourth-order valence-electron chi connectivity index (χ4n) is 6.77. The summed E-state index contributed by atoms with van der Waals surface area (Å²) in [4.78, 5) is 18.4. The molecule has 2 heterocycles. The molecular formula is C35H37FN2O2. The Bertz CT molecular complexity index is 1430. The highest BCUT2D eigenvalue weighted by Gasteiger charge is 2.38. The van der Waals surface area contributed by atoms with Gasteiger partial charge in [-0.05, 0) is 90.2 Å². The summed E-state index contributed by atoms with van der Waals surface area (Å²) in [6.45, 7) is 4.25. The van der Waals surface area contributed by atoms with Crippen molar-refractivity contribution in [2.75, 3.05) is 32.7 Å². The Kier molecular flexibility index (Phi) is 7.94. The quantitative estimate of drug-likeness (QED) is 0.287. The SMILES string of the molecule is O=C(c1cccc2ccccc12)N1CC(CC(O)c2ccccc2)C(CN2CCC(c3ccc(F)cc3)CC2)C1. The number of halogens is 1. The monoisotopic (exact) mass is 536 g/mol. The van der Waals surface area contributed by atoms with Crippen molar-refractivity contribution in [3.8, 4) is 0 Å². The van der Waals surface area contributed by atoms with Gasteiger partial charge in [-0.3, -0.25) is 4.79 Å². The lowest BCUT2D eigenvalue weighted by molar-refractivity contribution is 0.0778. The van der Waals surface area contributed by atoms with Crippen LogP contribution in [0.4, 0.5) is 4.39 Å². The number of fused-ring (bicyclic) bond motifs is 1. The van der Waals surface area contributed by atoms with Crippen LogP contribution in [0.5, 0.6) is 0 Å². The van der Waals surface area contributed by atoms with E-state index in [9.17, 15) is 14.3 Å². The molecule has 1 N–H and O–H groups in total. The summed E-state index contributed by atoms with van der Waals surface area (Å²) in [6, 6.07) is 30.8. The average Bonchev–Trinajstić information content (AvgIpc) is 3.39. The van der Waals surface area contributed by atoms with E-state index < -0.39 is 6.10 Å². The van der Waals surface area contributed by atoms with Crippen LogP contribution in [0.2, 0.25) is 0 Å². The van der Waals surface area contributed by atoms with E-state index in [1.54, 1.807) is 12.1 Å². The second-order valence-corrected chi connectivity index (χ2v) is 11.5. The average molecular weight is 537 g/mol. The number of piperidine rings is 1. The molecule has 0 aromatic heterocycles. The van der Waals surface area contributed by atoms with Crippen molar-refractivity contribution in [2.24, 2.45) is 11.8 Å². The summed E-state index contributed by atoms with van der Waals surface area (Å²) in [5.74, 6) is 0.853. The van der Waals surface area contributed by atoms with Gasteiger partial charge in [0.25, 0.3) is 5.91 Å². The number of nitrogens with zero attached hydrogens (tertiary/aromatic N) is 2. The van der Waals surface area contributed by atoms with Crippen molar-refractivity contribution in [3.63, 3.8) is 0 Å². The van der Waals surface area contributed by atoms with Crippen molar-refractivity contribution in [3.05, 3.63) is 120 Å². The summed E-state index contributed by atoms with van der Waals surface area (Å²) < 4.78 is 13.4. The molecular weight excluding hydrogens is 499 g/mol. The van der Waals surface area contributed by atoms with Crippen LogP contribution in [0.15, 0.2) is 97.1 Å². The maximum Gasteiger partial charge on any atom is 0.254 e. The zero-order valence-electron chi connectivity index (χ0n) is 22.8. The lowest BCUT2D eigenvalue weighted by Crippen LogP contribution is -2.39. The molecule has 4 aromatic carbocycles. The molecule has 1 amide bonds. The fourth-order valence-corrected chi connectivity index (χ4v) is 6.77. The van der Waals surface area contributed by atoms with Gasteiger partial charge in [0.05, 0.1) is 6.10 Å². The fraction of sp³-hybridized carbons (Fsp3) is 0.343. The molecule has 4 nitrogen and oxygen atoms in total. The zero-order chi connectivity index (χ0) is 27.5. The minimum atomic E-state index is -0.550. The number of carbonyl (C=O) groups excluding carboxylic acids is 1. The number of benzene rings is 4. The standard InChI is InChI=1S/C35H37FN2O2/c36-31-15-13-25(14-16-31)26-17-19-37(20-18-26)22-30-24-38(23-29(30)21-34(39)28-8-2-1-3-9-28)35(40)33-12-6-10-27-7-4-5-11-32(27)33/h1-16,26,29-30,34,39H,17-24H2. The minimum absolute atomic E-state index is 0.0773. The Morgan fingerprint density at radius 2 is 1.50 bits per heavy atom. The Hall–Kier alpha value is -3.54. The Labute approximate surface area is 236 Å². The van der Waals surface area contributed by atoms with E-state index in [1.165, 1.54) is 5.56 Å². The molecule has 2 saturated heterocycles. The highest BCUT2D eigenvalue weighted by Crippen LogP contribution is 2.36. The van der Waals surface area contributed by atoms with Gasteiger partial charge in [0, 0.05) is 25.2 Å². The lowest BCUT2D eigenvalue weighted by Gasteiger charge is -2.35. The topological polar surface area (TPSA) is 43.8 Å². The highest BCUT2D eigenvalue weighted by atomic mass is 19.1. The van der Waals surface area contributed by atoms with E-state index in [1.807, 2.05) is 89.8 Å².